The van der Waals surface area contributed by atoms with E-state index in [0.717, 1.165) is 11.4 Å². The lowest BCUT2D eigenvalue weighted by Crippen LogP contribution is -2.21. The smallest absolute Gasteiger partial charge is 0.238 e. The Morgan fingerprint density at radius 3 is 2.30 bits per heavy atom. The van der Waals surface area contributed by atoms with Crippen LogP contribution in [-0.4, -0.2) is 40.5 Å². The highest BCUT2D eigenvalue weighted by molar-refractivity contribution is 7.92. The van der Waals surface area contributed by atoms with E-state index in [1.165, 1.54) is 0 Å². The van der Waals surface area contributed by atoms with Gasteiger partial charge in [0.25, 0.3) is 0 Å². The molecule has 0 aliphatic heterocycles. The minimum absolute atomic E-state index is 0.0490. The molecule has 1 N–H and O–H groups in total. The van der Waals surface area contributed by atoms with Gasteiger partial charge < -0.3 is 9.47 Å². The van der Waals surface area contributed by atoms with E-state index in [1.807, 2.05) is 36.6 Å². The van der Waals surface area contributed by atoms with Gasteiger partial charge in [0.15, 0.2) is 5.82 Å². The Morgan fingerprint density at radius 1 is 0.909 bits per heavy atom. The maximum absolute atomic E-state index is 12.3. The molecular weight excluding hydrogens is 442 g/mol. The van der Waals surface area contributed by atoms with Gasteiger partial charge in [-0.15, -0.1) is 10.2 Å². The van der Waals surface area contributed by atoms with Gasteiger partial charge >= 0.3 is 0 Å². The number of imidazole rings is 1. The van der Waals surface area contributed by atoms with E-state index in [2.05, 4.69) is 19.9 Å². The predicted octanol–water partition coefficient (Wildman–Crippen LogP) is 3.89. The molecule has 33 heavy (non-hydrogen) atoms. The molecule has 0 aliphatic carbocycles. The quantitative estimate of drug-likeness (QED) is 0.399. The summed E-state index contributed by atoms with van der Waals surface area (Å²) in [5, 5.41) is 8.28. The zero-order valence-corrected chi connectivity index (χ0v) is 19.0. The van der Waals surface area contributed by atoms with E-state index >= 15 is 0 Å². The van der Waals surface area contributed by atoms with Crippen molar-refractivity contribution in [2.75, 3.05) is 17.1 Å². The number of nitrogens with zero attached hydrogens (tertiary/aromatic N) is 4. The first-order valence-corrected chi connectivity index (χ1v) is 11.9. The first kappa shape index (κ1) is 22.3. The maximum Gasteiger partial charge on any atom is 0.238 e. The lowest BCUT2D eigenvalue weighted by atomic mass is 10.3. The molecule has 9 nitrogen and oxygen atoms in total. The normalized spacial score (nSPS) is 11.2. The first-order chi connectivity index (χ1) is 15.9. The molecule has 4 aromatic rings. The summed E-state index contributed by atoms with van der Waals surface area (Å²) in [5.74, 6) is 1.92. The summed E-state index contributed by atoms with van der Waals surface area (Å²) in [6.45, 7) is 3.94. The average Bonchev–Trinajstić information content (AvgIpc) is 3.14. The third-order valence-electron chi connectivity index (χ3n) is 4.84. The molecule has 2 aromatic carbocycles. The highest BCUT2D eigenvalue weighted by Gasteiger charge is 2.12. The number of para-hydroxylation sites is 1. The SMILES string of the molecule is Cc1ncn(-c2ccc(Oc3ccc(NS(=O)(=O)CCOc4ccccc4)cc3)nn2)c1C. The van der Waals surface area contributed by atoms with Crippen LogP contribution in [0.4, 0.5) is 5.69 Å². The standard InChI is InChI=1S/C23H23N5O4S/c1-17-18(2)28(16-24-17)22-12-13-23(26-25-22)32-21-10-8-19(9-11-21)27-33(29,30)15-14-31-20-6-4-3-5-7-20/h3-13,16,27H,14-15H2,1-2H3. The van der Waals surface area contributed by atoms with Gasteiger partial charge in [0.05, 0.1) is 5.69 Å². The third-order valence-corrected chi connectivity index (χ3v) is 6.09. The maximum atomic E-state index is 12.3. The summed E-state index contributed by atoms with van der Waals surface area (Å²) >= 11 is 0. The van der Waals surface area contributed by atoms with Crippen LogP contribution >= 0.6 is 0 Å². The number of benzene rings is 2. The fourth-order valence-electron chi connectivity index (χ4n) is 2.95. The van der Waals surface area contributed by atoms with Crippen LogP contribution in [0.5, 0.6) is 17.4 Å². The molecule has 0 saturated heterocycles. The highest BCUT2D eigenvalue weighted by atomic mass is 32.2. The Kier molecular flexibility index (Phi) is 6.55. The Morgan fingerprint density at radius 2 is 1.67 bits per heavy atom. The molecule has 0 radical (unpaired) electrons. The predicted molar refractivity (Wildman–Crippen MR) is 124 cm³/mol. The molecule has 2 aromatic heterocycles. The van der Waals surface area contributed by atoms with Crippen LogP contribution in [0.1, 0.15) is 11.4 Å². The van der Waals surface area contributed by atoms with Crippen LogP contribution in [-0.2, 0) is 10.0 Å². The fourth-order valence-corrected chi connectivity index (χ4v) is 3.85. The van der Waals surface area contributed by atoms with Gasteiger partial charge in [-0.3, -0.25) is 9.29 Å². The molecule has 170 valence electrons. The van der Waals surface area contributed by atoms with Crippen LogP contribution in [0.25, 0.3) is 5.82 Å². The first-order valence-electron chi connectivity index (χ1n) is 10.2. The lowest BCUT2D eigenvalue weighted by molar-refractivity contribution is 0.341. The van der Waals surface area contributed by atoms with E-state index in [-0.39, 0.29) is 12.4 Å². The Balaban J connectivity index is 1.32. The largest absolute Gasteiger partial charge is 0.492 e. The Hall–Kier alpha value is -3.92. The molecule has 4 rings (SSSR count). The van der Waals surface area contributed by atoms with E-state index in [0.29, 0.717) is 28.9 Å². The summed E-state index contributed by atoms with van der Waals surface area (Å²) in [6.07, 6.45) is 1.70. The van der Waals surface area contributed by atoms with Crippen LogP contribution in [0.15, 0.2) is 73.1 Å². The van der Waals surface area contributed by atoms with Gasteiger partial charge in [-0.25, -0.2) is 13.4 Å². The minimum Gasteiger partial charge on any atom is -0.492 e. The number of hydrogen-bond acceptors (Lipinski definition) is 7. The number of ether oxygens (including phenoxy) is 2. The second kappa shape index (κ2) is 9.70. The monoisotopic (exact) mass is 465 g/mol. The van der Waals surface area contributed by atoms with E-state index in [1.54, 1.807) is 54.9 Å². The van der Waals surface area contributed by atoms with Crippen molar-refractivity contribution in [2.24, 2.45) is 0 Å². The number of aromatic nitrogens is 4. The molecule has 0 saturated carbocycles. The second-order valence-electron chi connectivity index (χ2n) is 7.22. The number of rotatable bonds is 9. The van der Waals surface area contributed by atoms with Gasteiger partial charge in [0, 0.05) is 17.4 Å². The van der Waals surface area contributed by atoms with Crippen molar-refractivity contribution < 1.29 is 17.9 Å². The van der Waals surface area contributed by atoms with Crippen LogP contribution < -0.4 is 14.2 Å². The lowest BCUT2D eigenvalue weighted by Gasteiger charge is -2.10. The summed E-state index contributed by atoms with van der Waals surface area (Å²) in [7, 11) is -3.56. The number of aryl methyl sites for hydroxylation is 1. The molecule has 10 heteroatoms. The van der Waals surface area contributed by atoms with Crippen LogP contribution in [0.2, 0.25) is 0 Å². The van der Waals surface area contributed by atoms with Crippen molar-refractivity contribution in [1.82, 2.24) is 19.7 Å². The molecule has 0 aliphatic rings. The molecule has 2 heterocycles. The summed E-state index contributed by atoms with van der Waals surface area (Å²) in [6, 6.07) is 19.1. The number of anilines is 1. The summed E-state index contributed by atoms with van der Waals surface area (Å²) in [5.41, 5.74) is 2.34. The molecular formula is C23H23N5O4S. The van der Waals surface area contributed by atoms with Crippen molar-refractivity contribution in [3.63, 3.8) is 0 Å². The zero-order valence-electron chi connectivity index (χ0n) is 18.2. The Bertz CT molecular complexity index is 1310. The van der Waals surface area contributed by atoms with Gasteiger partial charge in [-0.1, -0.05) is 18.2 Å². The van der Waals surface area contributed by atoms with Gasteiger partial charge in [0.1, 0.15) is 30.2 Å². The van der Waals surface area contributed by atoms with Crippen LogP contribution in [0.3, 0.4) is 0 Å². The molecule has 0 amide bonds. The van der Waals surface area contributed by atoms with Gasteiger partial charge in [0.2, 0.25) is 15.9 Å². The number of sulfonamides is 1. The van der Waals surface area contributed by atoms with Crippen molar-refractivity contribution in [2.45, 2.75) is 13.8 Å². The fraction of sp³-hybridized carbons (Fsp3) is 0.174. The van der Waals surface area contributed by atoms with E-state index in [4.69, 9.17) is 9.47 Å². The van der Waals surface area contributed by atoms with Crippen molar-refractivity contribution in [3.05, 3.63) is 84.4 Å². The second-order valence-corrected chi connectivity index (χ2v) is 9.07. The summed E-state index contributed by atoms with van der Waals surface area (Å²) < 4.78 is 40.1. The number of hydrogen-bond donors (Lipinski definition) is 1. The van der Waals surface area contributed by atoms with Crippen LogP contribution in [0, 0.1) is 13.8 Å². The zero-order chi connectivity index (χ0) is 23.3. The third kappa shape index (κ3) is 5.86. The van der Waals surface area contributed by atoms with Crippen molar-refractivity contribution in [1.29, 1.82) is 0 Å². The van der Waals surface area contributed by atoms with Crippen molar-refractivity contribution >= 4 is 15.7 Å². The van der Waals surface area contributed by atoms with Gasteiger partial charge in [-0.05, 0) is 56.3 Å². The Labute approximate surface area is 192 Å². The minimum atomic E-state index is -3.56. The van der Waals surface area contributed by atoms with E-state index < -0.39 is 10.0 Å². The van der Waals surface area contributed by atoms with Gasteiger partial charge in [-0.2, -0.15) is 0 Å². The average molecular weight is 466 g/mol. The molecule has 0 spiro atoms. The van der Waals surface area contributed by atoms with E-state index in [9.17, 15) is 8.42 Å². The summed E-state index contributed by atoms with van der Waals surface area (Å²) in [4.78, 5) is 4.25. The molecule has 0 atom stereocenters. The molecule has 0 unspecified atom stereocenters. The molecule has 0 bridgehead atoms. The van der Waals surface area contributed by atoms with Crippen molar-refractivity contribution in [3.8, 4) is 23.2 Å². The number of nitrogens with one attached hydrogen (secondary N) is 1. The highest BCUT2D eigenvalue weighted by Crippen LogP contribution is 2.22. The topological polar surface area (TPSA) is 108 Å². The molecule has 0 fully saturated rings.